The Morgan fingerprint density at radius 3 is 2.53 bits per heavy atom. The van der Waals surface area contributed by atoms with Crippen LogP contribution < -0.4 is 15.1 Å². The molecule has 0 aliphatic carbocycles. The molecule has 0 unspecified atom stereocenters. The van der Waals surface area contributed by atoms with E-state index in [2.05, 4.69) is 20.3 Å². The van der Waals surface area contributed by atoms with Gasteiger partial charge in [0, 0.05) is 36.8 Å². The number of nitrogens with one attached hydrogen (secondary N) is 2. The molecule has 0 fully saturated rings. The van der Waals surface area contributed by atoms with Crippen LogP contribution in [0.2, 0.25) is 0 Å². The van der Waals surface area contributed by atoms with Crippen molar-refractivity contribution in [2.75, 3.05) is 26.2 Å². The normalized spacial score (nSPS) is 10.6. The van der Waals surface area contributed by atoms with Gasteiger partial charge in [-0.2, -0.15) is 9.99 Å². The van der Waals surface area contributed by atoms with Crippen molar-refractivity contribution in [2.24, 2.45) is 0 Å². The molecule has 32 heavy (non-hydrogen) atoms. The van der Waals surface area contributed by atoms with Gasteiger partial charge in [0.25, 0.3) is 11.9 Å². The lowest BCUT2D eigenvalue weighted by Gasteiger charge is -2.29. The molecule has 2 aromatic carbocycles. The number of ether oxygens (including phenoxy) is 1. The molecule has 4 aromatic rings. The standard InChI is InChI=1S/C23H22N6O3/c1-24-23(31)29(28(2)21(30)16-10-7-11-17(14-16)32-3)22-26-19(15-8-5-4-6-9-15)18-12-13-25-20(18)27-22/h4-14H,1-3H3,(H,24,31)(H,25,26,27). The molecule has 0 radical (unpaired) electrons. The van der Waals surface area contributed by atoms with E-state index in [9.17, 15) is 9.59 Å². The van der Waals surface area contributed by atoms with Crippen LogP contribution in [-0.2, 0) is 0 Å². The van der Waals surface area contributed by atoms with Gasteiger partial charge in [-0.25, -0.2) is 14.8 Å². The Balaban J connectivity index is 1.81. The van der Waals surface area contributed by atoms with Crippen LogP contribution in [0.15, 0.2) is 66.9 Å². The van der Waals surface area contributed by atoms with Gasteiger partial charge in [-0.05, 0) is 24.3 Å². The number of amides is 3. The molecular formula is C23H22N6O3. The van der Waals surface area contributed by atoms with Gasteiger partial charge in [0.2, 0.25) is 0 Å². The molecule has 0 aliphatic rings. The second kappa shape index (κ2) is 8.76. The van der Waals surface area contributed by atoms with E-state index >= 15 is 0 Å². The number of aromatic nitrogens is 3. The quantitative estimate of drug-likeness (QED) is 0.483. The number of urea groups is 1. The minimum Gasteiger partial charge on any atom is -0.497 e. The van der Waals surface area contributed by atoms with Gasteiger partial charge in [-0.3, -0.25) is 4.79 Å². The van der Waals surface area contributed by atoms with E-state index < -0.39 is 11.9 Å². The topological polar surface area (TPSA) is 103 Å². The van der Waals surface area contributed by atoms with Crippen molar-refractivity contribution in [3.05, 3.63) is 72.4 Å². The molecule has 4 rings (SSSR count). The fraction of sp³-hybridized carbons (Fsp3) is 0.130. The zero-order chi connectivity index (χ0) is 22.7. The van der Waals surface area contributed by atoms with Crippen LogP contribution in [0.1, 0.15) is 10.4 Å². The SMILES string of the molecule is CNC(=O)N(c1nc(-c2ccccc2)c2cc[nH]c2n1)N(C)C(=O)c1cccc(OC)c1. The second-order valence-corrected chi connectivity index (χ2v) is 6.91. The minimum atomic E-state index is -0.561. The molecule has 2 heterocycles. The van der Waals surface area contributed by atoms with Gasteiger partial charge in [-0.1, -0.05) is 36.4 Å². The number of carbonyl (C=O) groups is 2. The summed E-state index contributed by atoms with van der Waals surface area (Å²) in [6.07, 6.45) is 1.75. The molecule has 162 valence electrons. The van der Waals surface area contributed by atoms with Crippen molar-refractivity contribution in [1.29, 1.82) is 0 Å². The lowest BCUT2D eigenvalue weighted by Crippen LogP contribution is -2.52. The Labute approximate surface area is 184 Å². The summed E-state index contributed by atoms with van der Waals surface area (Å²) in [5.74, 6) is 0.159. The lowest BCUT2D eigenvalue weighted by atomic mass is 10.1. The van der Waals surface area contributed by atoms with E-state index in [0.29, 0.717) is 22.7 Å². The van der Waals surface area contributed by atoms with Gasteiger partial charge in [0.1, 0.15) is 11.4 Å². The van der Waals surface area contributed by atoms with E-state index in [1.807, 2.05) is 36.4 Å². The third-order valence-corrected chi connectivity index (χ3v) is 4.96. The van der Waals surface area contributed by atoms with Crippen LogP contribution in [0.3, 0.4) is 0 Å². The van der Waals surface area contributed by atoms with Gasteiger partial charge < -0.3 is 15.0 Å². The number of rotatable bonds is 4. The van der Waals surface area contributed by atoms with Crippen LogP contribution in [0.5, 0.6) is 5.75 Å². The highest BCUT2D eigenvalue weighted by Crippen LogP contribution is 2.28. The van der Waals surface area contributed by atoms with E-state index in [1.54, 1.807) is 30.5 Å². The number of H-pyrrole nitrogens is 1. The Bertz CT molecular complexity index is 1270. The van der Waals surface area contributed by atoms with Gasteiger partial charge in [0.05, 0.1) is 12.8 Å². The molecule has 0 saturated heterocycles. The number of hydrogen-bond donors (Lipinski definition) is 2. The smallest absolute Gasteiger partial charge is 0.343 e. The Hall–Kier alpha value is -4.40. The maximum Gasteiger partial charge on any atom is 0.343 e. The van der Waals surface area contributed by atoms with E-state index in [-0.39, 0.29) is 5.95 Å². The lowest BCUT2D eigenvalue weighted by molar-refractivity contribution is 0.0783. The first-order valence-electron chi connectivity index (χ1n) is 9.88. The molecule has 0 saturated carbocycles. The fourth-order valence-corrected chi connectivity index (χ4v) is 3.34. The first-order chi connectivity index (χ1) is 15.5. The summed E-state index contributed by atoms with van der Waals surface area (Å²) in [6.45, 7) is 0. The summed E-state index contributed by atoms with van der Waals surface area (Å²) >= 11 is 0. The Kier molecular flexibility index (Phi) is 5.71. The van der Waals surface area contributed by atoms with Crippen molar-refractivity contribution in [3.8, 4) is 17.0 Å². The summed E-state index contributed by atoms with van der Waals surface area (Å²) in [5, 5.41) is 5.64. The highest BCUT2D eigenvalue weighted by Gasteiger charge is 2.28. The van der Waals surface area contributed by atoms with Crippen LogP contribution in [-0.4, -0.2) is 53.1 Å². The number of fused-ring (bicyclic) bond motifs is 1. The number of anilines is 1. The third kappa shape index (κ3) is 3.83. The number of aromatic amines is 1. The first-order valence-corrected chi connectivity index (χ1v) is 9.88. The van der Waals surface area contributed by atoms with Crippen LogP contribution in [0.4, 0.5) is 10.7 Å². The Morgan fingerprint density at radius 1 is 1.03 bits per heavy atom. The molecule has 2 N–H and O–H groups in total. The average molecular weight is 430 g/mol. The zero-order valence-corrected chi connectivity index (χ0v) is 17.9. The fourth-order valence-electron chi connectivity index (χ4n) is 3.34. The summed E-state index contributed by atoms with van der Waals surface area (Å²) in [5.41, 5.74) is 2.40. The Morgan fingerprint density at radius 2 is 1.81 bits per heavy atom. The maximum absolute atomic E-state index is 13.2. The largest absolute Gasteiger partial charge is 0.497 e. The molecule has 2 aromatic heterocycles. The number of carbonyl (C=O) groups excluding carboxylic acids is 2. The monoisotopic (exact) mass is 430 g/mol. The van der Waals surface area contributed by atoms with Crippen molar-refractivity contribution in [1.82, 2.24) is 25.3 Å². The molecule has 3 amide bonds. The van der Waals surface area contributed by atoms with Crippen molar-refractivity contribution < 1.29 is 14.3 Å². The molecule has 9 heteroatoms. The van der Waals surface area contributed by atoms with E-state index in [4.69, 9.17) is 4.74 Å². The summed E-state index contributed by atoms with van der Waals surface area (Å²) in [4.78, 5) is 38.3. The van der Waals surface area contributed by atoms with Crippen LogP contribution in [0.25, 0.3) is 22.3 Å². The van der Waals surface area contributed by atoms with Gasteiger partial charge >= 0.3 is 6.03 Å². The number of hydrazine groups is 1. The predicted octanol–water partition coefficient (Wildman–Crippen LogP) is 3.47. The van der Waals surface area contributed by atoms with Crippen molar-refractivity contribution >= 4 is 28.9 Å². The number of methoxy groups -OCH3 is 1. The highest BCUT2D eigenvalue weighted by atomic mass is 16.5. The summed E-state index contributed by atoms with van der Waals surface area (Å²) in [7, 11) is 4.49. The van der Waals surface area contributed by atoms with Crippen LogP contribution in [0, 0.1) is 0 Å². The molecule has 0 bridgehead atoms. The van der Waals surface area contributed by atoms with Gasteiger partial charge in [-0.15, -0.1) is 0 Å². The molecule has 0 aliphatic heterocycles. The molecule has 9 nitrogen and oxygen atoms in total. The minimum absolute atomic E-state index is 0.0527. The number of benzene rings is 2. The first kappa shape index (κ1) is 20.9. The highest BCUT2D eigenvalue weighted by molar-refractivity contribution is 6.01. The second-order valence-electron chi connectivity index (χ2n) is 6.91. The summed E-state index contributed by atoms with van der Waals surface area (Å²) < 4.78 is 5.21. The summed E-state index contributed by atoms with van der Waals surface area (Å²) in [6, 6.07) is 17.6. The number of hydrogen-bond acceptors (Lipinski definition) is 5. The van der Waals surface area contributed by atoms with Crippen LogP contribution >= 0.6 is 0 Å². The zero-order valence-electron chi connectivity index (χ0n) is 17.9. The third-order valence-electron chi connectivity index (χ3n) is 4.96. The van der Waals surface area contributed by atoms with Gasteiger partial charge in [0.15, 0.2) is 0 Å². The number of nitrogens with zero attached hydrogens (tertiary/aromatic N) is 4. The predicted molar refractivity (Wildman–Crippen MR) is 121 cm³/mol. The van der Waals surface area contributed by atoms with Crippen molar-refractivity contribution in [3.63, 3.8) is 0 Å². The van der Waals surface area contributed by atoms with Crippen molar-refractivity contribution in [2.45, 2.75) is 0 Å². The molecular weight excluding hydrogens is 408 g/mol. The van der Waals surface area contributed by atoms with E-state index in [0.717, 1.165) is 16.0 Å². The molecule has 0 atom stereocenters. The molecule has 0 spiro atoms. The average Bonchev–Trinajstić information content (AvgIpc) is 3.32. The maximum atomic E-state index is 13.2. The van der Waals surface area contributed by atoms with E-state index in [1.165, 1.54) is 26.2 Å².